The SMILES string of the molecule is CNCCNS(=O)(=O)c1cc(C)c(F)cc1F.Cl. The molecule has 18 heavy (non-hydrogen) atoms. The van der Waals surface area contributed by atoms with E-state index in [0.29, 0.717) is 12.6 Å². The average Bonchev–Trinajstić information content (AvgIpc) is 2.23. The van der Waals surface area contributed by atoms with Gasteiger partial charge in [0.25, 0.3) is 0 Å². The number of rotatable bonds is 5. The normalized spacial score (nSPS) is 11.1. The van der Waals surface area contributed by atoms with Crippen molar-refractivity contribution in [3.05, 3.63) is 29.3 Å². The maximum Gasteiger partial charge on any atom is 0.243 e. The molecule has 0 unspecified atom stereocenters. The van der Waals surface area contributed by atoms with E-state index in [0.717, 1.165) is 6.07 Å². The summed E-state index contributed by atoms with van der Waals surface area (Å²) in [6, 6.07) is 1.55. The van der Waals surface area contributed by atoms with Gasteiger partial charge < -0.3 is 5.32 Å². The van der Waals surface area contributed by atoms with Crippen LogP contribution >= 0.6 is 12.4 Å². The molecule has 0 saturated heterocycles. The molecule has 1 aromatic rings. The molecule has 8 heteroatoms. The van der Waals surface area contributed by atoms with E-state index in [9.17, 15) is 17.2 Å². The third kappa shape index (κ3) is 4.16. The summed E-state index contributed by atoms with van der Waals surface area (Å²) in [7, 11) is -2.27. The predicted molar refractivity (Wildman–Crippen MR) is 67.5 cm³/mol. The van der Waals surface area contributed by atoms with Gasteiger partial charge in [0.1, 0.15) is 16.5 Å². The van der Waals surface area contributed by atoms with Gasteiger partial charge in [0.15, 0.2) is 0 Å². The van der Waals surface area contributed by atoms with Gasteiger partial charge in [0.2, 0.25) is 10.0 Å². The number of sulfonamides is 1. The lowest BCUT2D eigenvalue weighted by Crippen LogP contribution is -2.31. The van der Waals surface area contributed by atoms with Gasteiger partial charge in [0, 0.05) is 19.2 Å². The number of nitrogens with one attached hydrogen (secondary N) is 2. The quantitative estimate of drug-likeness (QED) is 0.803. The van der Waals surface area contributed by atoms with E-state index in [1.165, 1.54) is 6.92 Å². The average molecular weight is 301 g/mol. The van der Waals surface area contributed by atoms with Crippen LogP contribution in [0.2, 0.25) is 0 Å². The Morgan fingerprint density at radius 2 is 1.78 bits per heavy atom. The lowest BCUT2D eigenvalue weighted by Gasteiger charge is -2.08. The minimum Gasteiger partial charge on any atom is -0.318 e. The zero-order valence-electron chi connectivity index (χ0n) is 9.96. The largest absolute Gasteiger partial charge is 0.318 e. The van der Waals surface area contributed by atoms with Crippen molar-refractivity contribution in [1.29, 1.82) is 0 Å². The third-order valence-corrected chi connectivity index (χ3v) is 3.65. The number of aryl methyl sites for hydroxylation is 1. The van der Waals surface area contributed by atoms with E-state index in [4.69, 9.17) is 0 Å². The molecule has 0 heterocycles. The van der Waals surface area contributed by atoms with Gasteiger partial charge in [-0.2, -0.15) is 0 Å². The van der Waals surface area contributed by atoms with Crippen LogP contribution in [0.1, 0.15) is 5.56 Å². The highest BCUT2D eigenvalue weighted by Gasteiger charge is 2.20. The first-order chi connectivity index (χ1) is 7.88. The van der Waals surface area contributed by atoms with Crippen molar-refractivity contribution in [2.75, 3.05) is 20.1 Å². The molecule has 0 aliphatic rings. The van der Waals surface area contributed by atoms with Gasteiger partial charge in [-0.1, -0.05) is 0 Å². The van der Waals surface area contributed by atoms with Crippen LogP contribution in [0.25, 0.3) is 0 Å². The van der Waals surface area contributed by atoms with Crippen molar-refractivity contribution in [3.8, 4) is 0 Å². The fraction of sp³-hybridized carbons (Fsp3) is 0.400. The molecule has 0 bridgehead atoms. The number of hydrogen-bond acceptors (Lipinski definition) is 3. The molecule has 104 valence electrons. The second-order valence-corrected chi connectivity index (χ2v) is 5.27. The zero-order valence-corrected chi connectivity index (χ0v) is 11.6. The van der Waals surface area contributed by atoms with Crippen LogP contribution in [0.3, 0.4) is 0 Å². The monoisotopic (exact) mass is 300 g/mol. The molecule has 1 aromatic carbocycles. The molecule has 0 saturated carbocycles. The summed E-state index contributed by atoms with van der Waals surface area (Å²) in [6.07, 6.45) is 0. The van der Waals surface area contributed by atoms with Crippen molar-refractivity contribution < 1.29 is 17.2 Å². The molecule has 0 atom stereocenters. The summed E-state index contributed by atoms with van der Waals surface area (Å²) in [6.45, 7) is 1.93. The summed E-state index contributed by atoms with van der Waals surface area (Å²) in [5.41, 5.74) is 0.0837. The van der Waals surface area contributed by atoms with Gasteiger partial charge in [-0.3, -0.25) is 0 Å². The zero-order chi connectivity index (χ0) is 13.1. The Morgan fingerprint density at radius 1 is 1.17 bits per heavy atom. The van der Waals surface area contributed by atoms with Crippen LogP contribution in [0.15, 0.2) is 17.0 Å². The highest BCUT2D eigenvalue weighted by Crippen LogP contribution is 2.18. The van der Waals surface area contributed by atoms with Gasteiger partial charge >= 0.3 is 0 Å². The molecular formula is C10H15ClF2N2O2S. The molecule has 2 N–H and O–H groups in total. The first-order valence-electron chi connectivity index (χ1n) is 4.98. The highest BCUT2D eigenvalue weighted by molar-refractivity contribution is 7.89. The van der Waals surface area contributed by atoms with E-state index in [1.54, 1.807) is 7.05 Å². The Kier molecular flexibility index (Phi) is 6.69. The lowest BCUT2D eigenvalue weighted by atomic mass is 10.2. The van der Waals surface area contributed by atoms with Crippen LogP contribution in [0.4, 0.5) is 8.78 Å². The van der Waals surface area contributed by atoms with E-state index >= 15 is 0 Å². The second kappa shape index (κ2) is 6.98. The van der Waals surface area contributed by atoms with Gasteiger partial charge in [-0.25, -0.2) is 21.9 Å². The van der Waals surface area contributed by atoms with Gasteiger partial charge in [-0.15, -0.1) is 12.4 Å². The third-order valence-electron chi connectivity index (χ3n) is 2.17. The first kappa shape index (κ1) is 17.2. The Balaban J connectivity index is 0.00000289. The smallest absolute Gasteiger partial charge is 0.243 e. The maximum atomic E-state index is 13.4. The summed E-state index contributed by atoms with van der Waals surface area (Å²) in [5, 5.41) is 2.75. The first-order valence-corrected chi connectivity index (χ1v) is 6.46. The van der Waals surface area contributed by atoms with Crippen molar-refractivity contribution in [1.82, 2.24) is 10.0 Å². The van der Waals surface area contributed by atoms with Crippen LogP contribution in [-0.2, 0) is 10.0 Å². The molecule has 0 aromatic heterocycles. The Labute approximate surface area is 111 Å². The van der Waals surface area contributed by atoms with Gasteiger partial charge in [-0.05, 0) is 25.6 Å². The van der Waals surface area contributed by atoms with Crippen LogP contribution in [-0.4, -0.2) is 28.6 Å². The fourth-order valence-electron chi connectivity index (χ4n) is 1.22. The number of halogens is 3. The lowest BCUT2D eigenvalue weighted by molar-refractivity contribution is 0.539. The summed E-state index contributed by atoms with van der Waals surface area (Å²) in [5.74, 6) is -1.86. The molecule has 0 spiro atoms. The standard InChI is InChI=1S/C10H14F2N2O2S.ClH/c1-7-5-10(9(12)6-8(7)11)17(15,16)14-4-3-13-2;/h5-6,13-14H,3-4H2,1-2H3;1H. The van der Waals surface area contributed by atoms with E-state index in [1.807, 2.05) is 0 Å². The maximum absolute atomic E-state index is 13.4. The van der Waals surface area contributed by atoms with E-state index in [-0.39, 0.29) is 24.5 Å². The fourth-order valence-corrected chi connectivity index (χ4v) is 2.40. The number of benzene rings is 1. The van der Waals surface area contributed by atoms with Crippen LogP contribution in [0, 0.1) is 18.6 Å². The molecule has 1 rings (SSSR count). The van der Waals surface area contributed by atoms with Gasteiger partial charge in [0.05, 0.1) is 0 Å². The van der Waals surface area contributed by atoms with E-state index in [2.05, 4.69) is 10.0 Å². The molecule has 0 radical (unpaired) electrons. The highest BCUT2D eigenvalue weighted by atomic mass is 35.5. The van der Waals surface area contributed by atoms with Crippen LogP contribution < -0.4 is 10.0 Å². The van der Waals surface area contributed by atoms with Crippen molar-refractivity contribution in [3.63, 3.8) is 0 Å². The number of likely N-dealkylation sites (N-methyl/N-ethyl adjacent to an activating group) is 1. The van der Waals surface area contributed by atoms with E-state index < -0.39 is 26.6 Å². The number of hydrogen-bond donors (Lipinski definition) is 2. The molecule has 0 amide bonds. The molecule has 0 aliphatic heterocycles. The van der Waals surface area contributed by atoms with Crippen molar-refractivity contribution >= 4 is 22.4 Å². The topological polar surface area (TPSA) is 58.2 Å². The van der Waals surface area contributed by atoms with Crippen LogP contribution in [0.5, 0.6) is 0 Å². The predicted octanol–water partition coefficient (Wildman–Crippen LogP) is 1.19. The minimum absolute atomic E-state index is 0. The molecular weight excluding hydrogens is 286 g/mol. The minimum atomic E-state index is -3.93. The summed E-state index contributed by atoms with van der Waals surface area (Å²) < 4.78 is 51.9. The Hall–Kier alpha value is -0.760. The Morgan fingerprint density at radius 3 is 2.33 bits per heavy atom. The van der Waals surface area contributed by atoms with Crippen molar-refractivity contribution in [2.45, 2.75) is 11.8 Å². The summed E-state index contributed by atoms with van der Waals surface area (Å²) in [4.78, 5) is -0.535. The molecule has 4 nitrogen and oxygen atoms in total. The molecule has 0 aliphatic carbocycles. The van der Waals surface area contributed by atoms with Crippen molar-refractivity contribution in [2.24, 2.45) is 0 Å². The summed E-state index contributed by atoms with van der Waals surface area (Å²) >= 11 is 0. The molecule has 0 fully saturated rings. The second-order valence-electron chi connectivity index (χ2n) is 3.53. The Bertz CT molecular complexity index is 509.